The monoisotopic (exact) mass is 303 g/mol. The Kier molecular flexibility index (Phi) is 3.53. The first-order valence-electron chi connectivity index (χ1n) is 4.32. The van der Waals surface area contributed by atoms with Crippen molar-refractivity contribution < 1.29 is 0 Å². The summed E-state index contributed by atoms with van der Waals surface area (Å²) in [6.07, 6.45) is 0. The topological polar surface area (TPSA) is 50.9 Å². The SMILES string of the molecule is Cc1nc(C(NN)c2cscc2Br)cs1. The molecule has 0 aliphatic carbocycles. The van der Waals surface area contributed by atoms with Crippen molar-refractivity contribution in [2.45, 2.75) is 13.0 Å². The summed E-state index contributed by atoms with van der Waals surface area (Å²) in [4.78, 5) is 4.44. The number of thiophene rings is 1. The molecule has 0 bridgehead atoms. The van der Waals surface area contributed by atoms with Crippen molar-refractivity contribution in [1.82, 2.24) is 10.4 Å². The Balaban J connectivity index is 2.36. The fraction of sp³-hybridized carbons (Fsp3) is 0.222. The smallest absolute Gasteiger partial charge is 0.0908 e. The highest BCUT2D eigenvalue weighted by atomic mass is 79.9. The molecule has 0 aromatic carbocycles. The van der Waals surface area contributed by atoms with Gasteiger partial charge in [-0.1, -0.05) is 0 Å². The summed E-state index contributed by atoms with van der Waals surface area (Å²) < 4.78 is 1.07. The van der Waals surface area contributed by atoms with Gasteiger partial charge in [-0.05, 0) is 28.2 Å². The summed E-state index contributed by atoms with van der Waals surface area (Å²) in [5.41, 5.74) is 4.90. The molecule has 0 aliphatic rings. The van der Waals surface area contributed by atoms with Gasteiger partial charge in [0.25, 0.3) is 0 Å². The van der Waals surface area contributed by atoms with Crippen molar-refractivity contribution in [1.29, 1.82) is 0 Å². The van der Waals surface area contributed by atoms with E-state index in [0.717, 1.165) is 20.7 Å². The van der Waals surface area contributed by atoms with Crippen LogP contribution in [0.4, 0.5) is 0 Å². The molecular formula is C9H10BrN3S2. The molecule has 3 N–H and O–H groups in total. The zero-order valence-electron chi connectivity index (χ0n) is 8.03. The highest BCUT2D eigenvalue weighted by Gasteiger charge is 2.18. The number of aryl methyl sites for hydroxylation is 1. The number of nitrogens with zero attached hydrogens (tertiary/aromatic N) is 1. The van der Waals surface area contributed by atoms with Crippen molar-refractivity contribution in [3.05, 3.63) is 36.9 Å². The van der Waals surface area contributed by atoms with Crippen molar-refractivity contribution in [2.24, 2.45) is 5.84 Å². The molecule has 3 nitrogen and oxygen atoms in total. The average Bonchev–Trinajstić information content (AvgIpc) is 2.79. The lowest BCUT2D eigenvalue weighted by Crippen LogP contribution is -2.29. The number of hydrogen-bond donors (Lipinski definition) is 2. The molecule has 0 spiro atoms. The lowest BCUT2D eigenvalue weighted by Gasteiger charge is -2.12. The molecule has 80 valence electrons. The molecule has 2 aromatic rings. The largest absolute Gasteiger partial charge is 0.271 e. The number of rotatable bonds is 3. The molecule has 0 saturated carbocycles. The Bertz CT molecular complexity index is 452. The molecule has 0 radical (unpaired) electrons. The van der Waals surface area contributed by atoms with E-state index in [1.54, 1.807) is 22.7 Å². The summed E-state index contributed by atoms with van der Waals surface area (Å²) in [6.45, 7) is 1.99. The van der Waals surface area contributed by atoms with Crippen molar-refractivity contribution in [3.8, 4) is 0 Å². The standard InChI is InChI=1S/C9H10BrN3S2/c1-5-12-8(4-15-5)9(13-11)6-2-14-3-7(6)10/h2-4,9,13H,11H2,1H3. The molecule has 2 rings (SSSR count). The second-order valence-electron chi connectivity index (χ2n) is 3.07. The third-order valence-electron chi connectivity index (χ3n) is 2.05. The number of nitrogens with one attached hydrogen (secondary N) is 1. The normalized spacial score (nSPS) is 13.0. The summed E-state index contributed by atoms with van der Waals surface area (Å²) in [5, 5.41) is 7.20. The minimum absolute atomic E-state index is 0.0319. The van der Waals surface area contributed by atoms with Crippen LogP contribution >= 0.6 is 38.6 Å². The summed E-state index contributed by atoms with van der Waals surface area (Å²) >= 11 is 6.78. The lowest BCUT2D eigenvalue weighted by atomic mass is 10.1. The van der Waals surface area contributed by atoms with Crippen LogP contribution in [0.5, 0.6) is 0 Å². The zero-order valence-corrected chi connectivity index (χ0v) is 11.2. The van der Waals surface area contributed by atoms with E-state index in [1.807, 2.05) is 17.7 Å². The second kappa shape index (κ2) is 4.71. The molecule has 2 aromatic heterocycles. The first-order chi connectivity index (χ1) is 7.22. The third-order valence-corrected chi connectivity index (χ3v) is 4.60. The number of nitrogens with two attached hydrogens (primary N) is 1. The maximum Gasteiger partial charge on any atom is 0.0908 e. The van der Waals surface area contributed by atoms with E-state index < -0.39 is 0 Å². The van der Waals surface area contributed by atoms with Gasteiger partial charge in [0, 0.05) is 20.8 Å². The Morgan fingerprint density at radius 1 is 1.47 bits per heavy atom. The van der Waals surface area contributed by atoms with Crippen LogP contribution in [0.3, 0.4) is 0 Å². The van der Waals surface area contributed by atoms with Gasteiger partial charge in [0.15, 0.2) is 0 Å². The Morgan fingerprint density at radius 2 is 2.27 bits per heavy atom. The molecule has 6 heteroatoms. The lowest BCUT2D eigenvalue weighted by molar-refractivity contribution is 0.623. The van der Waals surface area contributed by atoms with E-state index in [2.05, 4.69) is 31.7 Å². The summed E-state index contributed by atoms with van der Waals surface area (Å²) in [6, 6.07) is -0.0319. The van der Waals surface area contributed by atoms with Gasteiger partial charge >= 0.3 is 0 Å². The fourth-order valence-electron chi connectivity index (χ4n) is 1.34. The zero-order chi connectivity index (χ0) is 10.8. The highest BCUT2D eigenvalue weighted by Crippen LogP contribution is 2.31. The number of halogens is 1. The van der Waals surface area contributed by atoms with Crippen molar-refractivity contribution in [3.63, 3.8) is 0 Å². The summed E-state index contributed by atoms with van der Waals surface area (Å²) in [5.74, 6) is 5.57. The molecule has 2 heterocycles. The Hall–Kier alpha value is -0.270. The molecule has 0 aliphatic heterocycles. The van der Waals surface area contributed by atoms with Gasteiger partial charge in [-0.3, -0.25) is 5.84 Å². The molecule has 1 unspecified atom stereocenters. The van der Waals surface area contributed by atoms with Gasteiger partial charge in [0.2, 0.25) is 0 Å². The van der Waals surface area contributed by atoms with E-state index in [9.17, 15) is 0 Å². The average molecular weight is 304 g/mol. The molecular weight excluding hydrogens is 294 g/mol. The second-order valence-corrected chi connectivity index (χ2v) is 5.73. The van der Waals surface area contributed by atoms with Crippen molar-refractivity contribution >= 4 is 38.6 Å². The van der Waals surface area contributed by atoms with Crippen molar-refractivity contribution in [2.75, 3.05) is 0 Å². The van der Waals surface area contributed by atoms with Gasteiger partial charge in [-0.15, -0.1) is 11.3 Å². The van der Waals surface area contributed by atoms with Crippen LogP contribution in [0, 0.1) is 6.92 Å². The van der Waals surface area contributed by atoms with Gasteiger partial charge in [-0.25, -0.2) is 10.4 Å². The number of aromatic nitrogens is 1. The van der Waals surface area contributed by atoms with Gasteiger partial charge < -0.3 is 0 Å². The van der Waals surface area contributed by atoms with Crippen LogP contribution < -0.4 is 11.3 Å². The van der Waals surface area contributed by atoms with Crippen LogP contribution in [0.2, 0.25) is 0 Å². The molecule has 0 fully saturated rings. The first-order valence-corrected chi connectivity index (χ1v) is 6.93. The number of hydrazine groups is 1. The van der Waals surface area contributed by atoms with Crippen LogP contribution in [0.25, 0.3) is 0 Å². The van der Waals surface area contributed by atoms with Crippen LogP contribution in [0.1, 0.15) is 22.3 Å². The van der Waals surface area contributed by atoms with Crippen LogP contribution in [-0.2, 0) is 0 Å². The van der Waals surface area contributed by atoms with Gasteiger partial charge in [0.05, 0.1) is 16.7 Å². The van der Waals surface area contributed by atoms with E-state index in [0.29, 0.717) is 0 Å². The third kappa shape index (κ3) is 2.29. The van der Waals surface area contributed by atoms with Gasteiger partial charge in [-0.2, -0.15) is 11.3 Å². The predicted molar refractivity (Wildman–Crippen MR) is 68.0 cm³/mol. The highest BCUT2D eigenvalue weighted by molar-refractivity contribution is 9.10. The Morgan fingerprint density at radius 3 is 2.73 bits per heavy atom. The summed E-state index contributed by atoms with van der Waals surface area (Å²) in [7, 11) is 0. The first kappa shape index (κ1) is 11.2. The van der Waals surface area contributed by atoms with E-state index in [1.165, 1.54) is 0 Å². The van der Waals surface area contributed by atoms with Crippen LogP contribution in [-0.4, -0.2) is 4.98 Å². The molecule has 0 amide bonds. The van der Waals surface area contributed by atoms with Crippen LogP contribution in [0.15, 0.2) is 20.6 Å². The molecule has 15 heavy (non-hydrogen) atoms. The molecule has 1 atom stereocenters. The Labute approximate surface area is 104 Å². The molecule has 0 saturated heterocycles. The minimum atomic E-state index is -0.0319. The maximum atomic E-state index is 5.57. The number of hydrogen-bond acceptors (Lipinski definition) is 5. The quantitative estimate of drug-likeness (QED) is 0.677. The predicted octanol–water partition coefficient (Wildman–Crippen LogP) is 2.83. The maximum absolute atomic E-state index is 5.57. The van der Waals surface area contributed by atoms with E-state index in [4.69, 9.17) is 5.84 Å². The number of thiazole rings is 1. The fourth-order valence-corrected chi connectivity index (χ4v) is 3.53. The van der Waals surface area contributed by atoms with E-state index >= 15 is 0 Å². The van der Waals surface area contributed by atoms with E-state index in [-0.39, 0.29) is 6.04 Å². The minimum Gasteiger partial charge on any atom is -0.271 e. The van der Waals surface area contributed by atoms with Gasteiger partial charge in [0.1, 0.15) is 0 Å².